The zero-order valence-corrected chi connectivity index (χ0v) is 17.6. The Labute approximate surface area is 176 Å². The third-order valence-electron chi connectivity index (χ3n) is 6.96. The first-order valence-corrected chi connectivity index (χ1v) is 10.9. The van der Waals surface area contributed by atoms with Crippen LogP contribution >= 0.6 is 11.6 Å². The normalized spacial score (nSPS) is 38.0. The van der Waals surface area contributed by atoms with E-state index in [1.165, 1.54) is 0 Å². The average Bonchev–Trinajstić information content (AvgIpc) is 3.31. The monoisotopic (exact) mass is 414 g/mol. The van der Waals surface area contributed by atoms with Gasteiger partial charge >= 0.3 is 0 Å². The molecule has 3 saturated heterocycles. The summed E-state index contributed by atoms with van der Waals surface area (Å²) in [5.41, 5.74) is 0.245. The van der Waals surface area contributed by atoms with Crippen LogP contribution in [0.15, 0.2) is 36.4 Å². The highest BCUT2D eigenvalue weighted by Gasteiger charge is 2.67. The Hall–Kier alpha value is -1.85. The fourth-order valence-corrected chi connectivity index (χ4v) is 6.08. The minimum Gasteiger partial charge on any atom is -0.360 e. The second-order valence-corrected chi connectivity index (χ2v) is 9.78. The summed E-state index contributed by atoms with van der Waals surface area (Å²) in [6.07, 6.45) is 4.86. The van der Waals surface area contributed by atoms with Crippen molar-refractivity contribution in [3.8, 4) is 0 Å². The lowest BCUT2D eigenvalue weighted by atomic mass is 9.76. The quantitative estimate of drug-likeness (QED) is 0.714. The summed E-state index contributed by atoms with van der Waals surface area (Å²) in [4.78, 5) is 30.7. The summed E-state index contributed by atoms with van der Waals surface area (Å²) in [5.74, 6) is 0.220. The second kappa shape index (κ2) is 6.85. The van der Waals surface area contributed by atoms with E-state index in [0.717, 1.165) is 25.1 Å². The average molecular weight is 415 g/mol. The summed E-state index contributed by atoms with van der Waals surface area (Å²) >= 11 is 6.31. The fourth-order valence-electron chi connectivity index (χ4n) is 5.88. The molecule has 0 saturated carbocycles. The Morgan fingerprint density at radius 1 is 1.24 bits per heavy atom. The molecule has 0 aliphatic carbocycles. The van der Waals surface area contributed by atoms with Gasteiger partial charge in [0, 0.05) is 24.7 Å². The molecule has 29 heavy (non-hydrogen) atoms. The van der Waals surface area contributed by atoms with Gasteiger partial charge in [0.25, 0.3) is 0 Å². The minimum atomic E-state index is -0.670. The number of nitrogens with zero attached hydrogens (tertiary/aromatic N) is 2. The number of rotatable bonds is 3. The number of carbonyl (C=O) groups excluding carboxylic acids is 2. The van der Waals surface area contributed by atoms with Gasteiger partial charge in [-0.15, -0.1) is 0 Å². The molecular weight excluding hydrogens is 388 g/mol. The smallest absolute Gasteiger partial charge is 0.230 e. The van der Waals surface area contributed by atoms with Crippen LogP contribution in [0.25, 0.3) is 0 Å². The van der Waals surface area contributed by atoms with Crippen molar-refractivity contribution in [3.63, 3.8) is 0 Å². The summed E-state index contributed by atoms with van der Waals surface area (Å²) in [6, 6.07) is 7.58. The van der Waals surface area contributed by atoms with E-state index >= 15 is 0 Å². The van der Waals surface area contributed by atoms with E-state index in [4.69, 9.17) is 16.3 Å². The number of amides is 2. The largest absolute Gasteiger partial charge is 0.360 e. The number of hydrogen-bond acceptors (Lipinski definition) is 3. The van der Waals surface area contributed by atoms with Gasteiger partial charge in [-0.1, -0.05) is 55.8 Å². The maximum atomic E-state index is 13.5. The molecule has 6 atom stereocenters. The van der Waals surface area contributed by atoms with Crippen molar-refractivity contribution in [1.29, 1.82) is 0 Å². The lowest BCUT2D eigenvalue weighted by Crippen LogP contribution is -2.50. The van der Waals surface area contributed by atoms with Gasteiger partial charge in [-0.25, -0.2) is 0 Å². The van der Waals surface area contributed by atoms with Gasteiger partial charge in [0.15, 0.2) is 0 Å². The number of piperidine rings is 1. The van der Waals surface area contributed by atoms with Crippen molar-refractivity contribution in [1.82, 2.24) is 9.80 Å². The number of likely N-dealkylation sites (tertiary alicyclic amines) is 2. The molecule has 4 aliphatic heterocycles. The van der Waals surface area contributed by atoms with E-state index in [9.17, 15) is 9.59 Å². The van der Waals surface area contributed by atoms with Gasteiger partial charge in [0.1, 0.15) is 5.60 Å². The molecule has 1 aromatic rings. The van der Waals surface area contributed by atoms with Gasteiger partial charge in [0.2, 0.25) is 11.8 Å². The Balaban J connectivity index is 1.39. The van der Waals surface area contributed by atoms with Gasteiger partial charge in [-0.05, 0) is 29.9 Å². The molecule has 3 fully saturated rings. The van der Waals surface area contributed by atoms with Crippen molar-refractivity contribution in [3.05, 3.63) is 47.0 Å². The first kappa shape index (κ1) is 19.1. The number of halogens is 1. The zero-order valence-electron chi connectivity index (χ0n) is 16.9. The zero-order chi connectivity index (χ0) is 20.3. The first-order chi connectivity index (χ1) is 13.9. The molecule has 1 aromatic carbocycles. The lowest BCUT2D eigenvalue weighted by molar-refractivity contribution is -0.145. The van der Waals surface area contributed by atoms with E-state index in [1.54, 1.807) is 4.90 Å². The molecule has 4 heterocycles. The highest BCUT2D eigenvalue weighted by Crippen LogP contribution is 2.52. The molecule has 4 aliphatic rings. The minimum absolute atomic E-state index is 0.00762. The molecule has 0 radical (unpaired) electrons. The molecule has 6 unspecified atom stereocenters. The van der Waals surface area contributed by atoms with Crippen molar-refractivity contribution in [2.45, 2.75) is 38.5 Å². The van der Waals surface area contributed by atoms with Crippen molar-refractivity contribution in [2.24, 2.45) is 23.7 Å². The highest BCUT2D eigenvalue weighted by atomic mass is 35.5. The van der Waals surface area contributed by atoms with Crippen molar-refractivity contribution in [2.75, 3.05) is 19.6 Å². The summed E-state index contributed by atoms with van der Waals surface area (Å²) in [7, 11) is 0. The molecule has 154 valence electrons. The fraction of sp³-hybridized carbons (Fsp3) is 0.565. The molecule has 2 amide bonds. The Kier molecular flexibility index (Phi) is 4.52. The topological polar surface area (TPSA) is 49.9 Å². The third-order valence-corrected chi connectivity index (χ3v) is 7.33. The van der Waals surface area contributed by atoms with Crippen LogP contribution in [0.2, 0.25) is 5.02 Å². The number of ether oxygens (including phenoxy) is 1. The highest BCUT2D eigenvalue weighted by molar-refractivity contribution is 6.31. The second-order valence-electron chi connectivity index (χ2n) is 9.37. The van der Waals surface area contributed by atoms with E-state index < -0.39 is 17.4 Å². The number of benzene rings is 1. The van der Waals surface area contributed by atoms with Crippen LogP contribution in [0.4, 0.5) is 0 Å². The Morgan fingerprint density at radius 2 is 1.97 bits per heavy atom. The molecular formula is C23H27ClN2O3. The molecule has 2 bridgehead atoms. The van der Waals surface area contributed by atoms with E-state index in [-0.39, 0.29) is 17.9 Å². The van der Waals surface area contributed by atoms with Crippen LogP contribution in [0.3, 0.4) is 0 Å². The van der Waals surface area contributed by atoms with Crippen LogP contribution in [0.5, 0.6) is 0 Å². The third kappa shape index (κ3) is 3.01. The summed E-state index contributed by atoms with van der Waals surface area (Å²) < 4.78 is 6.28. The van der Waals surface area contributed by atoms with Crippen LogP contribution in [0.1, 0.15) is 25.8 Å². The van der Waals surface area contributed by atoms with Crippen LogP contribution in [0, 0.1) is 23.7 Å². The first-order valence-electron chi connectivity index (χ1n) is 10.6. The van der Waals surface area contributed by atoms with E-state index in [2.05, 4.69) is 13.8 Å². The molecule has 0 N–H and O–H groups in total. The number of fused-ring (bicyclic) bond motifs is 1. The van der Waals surface area contributed by atoms with Gasteiger partial charge < -0.3 is 14.5 Å². The predicted octanol–water partition coefficient (Wildman–Crippen LogP) is 3.13. The van der Waals surface area contributed by atoms with E-state index in [1.807, 2.05) is 41.3 Å². The Morgan fingerprint density at radius 3 is 2.69 bits per heavy atom. The van der Waals surface area contributed by atoms with Crippen molar-refractivity contribution < 1.29 is 14.3 Å². The number of carbonyl (C=O) groups is 2. The van der Waals surface area contributed by atoms with Crippen LogP contribution in [-0.2, 0) is 20.9 Å². The SMILES string of the molecule is CC1CC(C)CN(C(=O)C2C3C=CC4(CN(Cc5ccccc5Cl)C(=O)C24)O3)C1. The molecule has 6 heteroatoms. The van der Waals surface area contributed by atoms with E-state index in [0.29, 0.717) is 29.9 Å². The maximum absolute atomic E-state index is 13.5. The Bertz CT molecular complexity index is 877. The molecule has 5 rings (SSSR count). The molecule has 5 nitrogen and oxygen atoms in total. The molecule has 0 aromatic heterocycles. The maximum Gasteiger partial charge on any atom is 0.230 e. The summed E-state index contributed by atoms with van der Waals surface area (Å²) in [5, 5.41) is 0.652. The van der Waals surface area contributed by atoms with Gasteiger partial charge in [0.05, 0.1) is 24.5 Å². The van der Waals surface area contributed by atoms with Gasteiger partial charge in [-0.2, -0.15) is 0 Å². The standard InChI is InChI=1S/C23H27ClN2O3/c1-14-9-15(2)11-25(10-14)21(27)19-18-7-8-23(29-18)13-26(22(28)20(19)23)12-16-5-3-4-6-17(16)24/h3-8,14-15,18-20H,9-13H2,1-2H3. The van der Waals surface area contributed by atoms with Gasteiger partial charge in [-0.3, -0.25) is 9.59 Å². The lowest BCUT2D eigenvalue weighted by Gasteiger charge is -2.38. The molecule has 1 spiro atoms. The van der Waals surface area contributed by atoms with Crippen LogP contribution in [-0.4, -0.2) is 53.0 Å². The predicted molar refractivity (Wildman–Crippen MR) is 110 cm³/mol. The van der Waals surface area contributed by atoms with Crippen molar-refractivity contribution >= 4 is 23.4 Å². The number of hydrogen-bond donors (Lipinski definition) is 0. The summed E-state index contributed by atoms with van der Waals surface area (Å²) in [6.45, 7) is 6.85. The van der Waals surface area contributed by atoms with Crippen LogP contribution < -0.4 is 0 Å².